The molecule has 1 unspecified atom stereocenters. The molecule has 1 atom stereocenters. The van der Waals surface area contributed by atoms with Crippen LogP contribution >= 0.6 is 0 Å². The summed E-state index contributed by atoms with van der Waals surface area (Å²) in [6.07, 6.45) is 8.81. The van der Waals surface area contributed by atoms with Crippen LogP contribution in [0.2, 0.25) is 0 Å². The zero-order chi connectivity index (χ0) is 15.6. The van der Waals surface area contributed by atoms with Gasteiger partial charge in [-0.1, -0.05) is 25.7 Å². The maximum atomic E-state index is 9.46. The van der Waals surface area contributed by atoms with Gasteiger partial charge in [0, 0.05) is 33.3 Å². The van der Waals surface area contributed by atoms with Crippen molar-refractivity contribution in [2.45, 2.75) is 58.0 Å². The highest BCUT2D eigenvalue weighted by molar-refractivity contribution is 4.86. The normalized spacial score (nSPS) is 20.4. The molecule has 0 amide bonds. The summed E-state index contributed by atoms with van der Waals surface area (Å²) >= 11 is 0. The van der Waals surface area contributed by atoms with Gasteiger partial charge >= 0.3 is 0 Å². The number of hydrogen-bond donors (Lipinski definition) is 2. The second-order valence-electron chi connectivity index (χ2n) is 6.96. The van der Waals surface area contributed by atoms with Crippen molar-refractivity contribution in [2.24, 2.45) is 5.41 Å². The Morgan fingerprint density at radius 1 is 1.24 bits per heavy atom. The summed E-state index contributed by atoms with van der Waals surface area (Å²) in [5, 5.41) is 13.1. The smallest absolute Gasteiger partial charge is 0.0587 e. The molecule has 126 valence electrons. The van der Waals surface area contributed by atoms with Crippen LogP contribution in [0.3, 0.4) is 0 Å². The SMILES string of the molecule is COCCNCC1(CN(C)CCC(C)O)CCCCCC1. The minimum Gasteiger partial charge on any atom is -0.393 e. The fraction of sp³-hybridized carbons (Fsp3) is 1.00. The fourth-order valence-electron chi connectivity index (χ4n) is 3.46. The molecule has 2 N–H and O–H groups in total. The van der Waals surface area contributed by atoms with Crippen molar-refractivity contribution in [2.75, 3.05) is 46.9 Å². The van der Waals surface area contributed by atoms with Gasteiger partial charge in [0.1, 0.15) is 0 Å². The molecule has 1 aliphatic rings. The molecule has 1 aliphatic carbocycles. The van der Waals surface area contributed by atoms with E-state index < -0.39 is 0 Å². The second kappa shape index (κ2) is 10.5. The monoisotopic (exact) mass is 300 g/mol. The molecule has 0 heterocycles. The van der Waals surface area contributed by atoms with Gasteiger partial charge in [-0.25, -0.2) is 0 Å². The molecule has 1 rings (SSSR count). The summed E-state index contributed by atoms with van der Waals surface area (Å²) in [5.74, 6) is 0. The van der Waals surface area contributed by atoms with Gasteiger partial charge in [-0.2, -0.15) is 0 Å². The molecule has 21 heavy (non-hydrogen) atoms. The lowest BCUT2D eigenvalue weighted by Gasteiger charge is -2.37. The van der Waals surface area contributed by atoms with E-state index in [4.69, 9.17) is 4.74 Å². The maximum absolute atomic E-state index is 9.46. The van der Waals surface area contributed by atoms with Crippen LogP contribution in [-0.2, 0) is 4.74 Å². The van der Waals surface area contributed by atoms with E-state index >= 15 is 0 Å². The molecule has 0 spiro atoms. The average Bonchev–Trinajstić information content (AvgIpc) is 2.67. The van der Waals surface area contributed by atoms with E-state index in [1.54, 1.807) is 7.11 Å². The summed E-state index contributed by atoms with van der Waals surface area (Å²) in [5.41, 5.74) is 0.400. The van der Waals surface area contributed by atoms with Gasteiger partial charge in [-0.15, -0.1) is 0 Å². The third-order valence-corrected chi connectivity index (χ3v) is 4.68. The van der Waals surface area contributed by atoms with Crippen LogP contribution in [-0.4, -0.2) is 63.1 Å². The van der Waals surface area contributed by atoms with Crippen molar-refractivity contribution in [3.8, 4) is 0 Å². The zero-order valence-electron chi connectivity index (χ0n) is 14.4. The quantitative estimate of drug-likeness (QED) is 0.480. The lowest BCUT2D eigenvalue weighted by atomic mass is 9.79. The van der Waals surface area contributed by atoms with Crippen molar-refractivity contribution < 1.29 is 9.84 Å². The molecule has 1 saturated carbocycles. The zero-order valence-corrected chi connectivity index (χ0v) is 14.4. The molecule has 4 nitrogen and oxygen atoms in total. The largest absolute Gasteiger partial charge is 0.393 e. The van der Waals surface area contributed by atoms with Crippen molar-refractivity contribution in [1.29, 1.82) is 0 Å². The third-order valence-electron chi connectivity index (χ3n) is 4.68. The molecular formula is C17H36N2O2. The number of nitrogens with zero attached hydrogens (tertiary/aromatic N) is 1. The topological polar surface area (TPSA) is 44.7 Å². The summed E-state index contributed by atoms with van der Waals surface area (Å²) in [6.45, 7) is 6.82. The molecule has 0 aromatic rings. The number of rotatable bonds is 10. The van der Waals surface area contributed by atoms with Crippen LogP contribution in [0.25, 0.3) is 0 Å². The van der Waals surface area contributed by atoms with Gasteiger partial charge in [0.05, 0.1) is 12.7 Å². The molecule has 0 saturated heterocycles. The molecular weight excluding hydrogens is 264 g/mol. The Kier molecular flexibility index (Phi) is 9.49. The van der Waals surface area contributed by atoms with E-state index in [2.05, 4.69) is 17.3 Å². The van der Waals surface area contributed by atoms with Gasteiger partial charge in [0.2, 0.25) is 0 Å². The molecule has 0 aromatic heterocycles. The molecule has 0 aliphatic heterocycles. The van der Waals surface area contributed by atoms with Gasteiger partial charge in [-0.3, -0.25) is 0 Å². The highest BCUT2D eigenvalue weighted by atomic mass is 16.5. The first-order valence-corrected chi connectivity index (χ1v) is 8.64. The first-order chi connectivity index (χ1) is 10.1. The van der Waals surface area contributed by atoms with E-state index in [1.807, 2.05) is 6.92 Å². The van der Waals surface area contributed by atoms with Crippen molar-refractivity contribution in [1.82, 2.24) is 10.2 Å². The van der Waals surface area contributed by atoms with Crippen LogP contribution in [0.5, 0.6) is 0 Å². The van der Waals surface area contributed by atoms with E-state index in [0.717, 1.165) is 39.2 Å². The lowest BCUT2D eigenvalue weighted by Crippen LogP contribution is -2.44. The second-order valence-corrected chi connectivity index (χ2v) is 6.96. The number of aliphatic hydroxyl groups excluding tert-OH is 1. The van der Waals surface area contributed by atoms with E-state index in [1.165, 1.54) is 38.5 Å². The molecule has 0 aromatic carbocycles. The Morgan fingerprint density at radius 2 is 1.90 bits per heavy atom. The van der Waals surface area contributed by atoms with Crippen LogP contribution in [0.1, 0.15) is 51.9 Å². The standard InChI is InChI=1S/C17H36N2O2/c1-16(20)8-12-19(2)15-17(14-18-11-13-21-3)9-6-4-5-7-10-17/h16,18,20H,4-15H2,1-3H3. The summed E-state index contributed by atoms with van der Waals surface area (Å²) in [6, 6.07) is 0. The first-order valence-electron chi connectivity index (χ1n) is 8.64. The number of ether oxygens (including phenoxy) is 1. The number of hydrogen-bond acceptors (Lipinski definition) is 4. The van der Waals surface area contributed by atoms with Crippen LogP contribution in [0, 0.1) is 5.41 Å². The maximum Gasteiger partial charge on any atom is 0.0587 e. The van der Waals surface area contributed by atoms with Crippen LogP contribution < -0.4 is 5.32 Å². The molecule has 0 bridgehead atoms. The van der Waals surface area contributed by atoms with Gasteiger partial charge in [0.25, 0.3) is 0 Å². The van der Waals surface area contributed by atoms with Crippen molar-refractivity contribution in [3.63, 3.8) is 0 Å². The van der Waals surface area contributed by atoms with Gasteiger partial charge in [-0.05, 0) is 38.6 Å². The Labute approximate surface area is 131 Å². The first kappa shape index (κ1) is 18.9. The minimum absolute atomic E-state index is 0.197. The third kappa shape index (κ3) is 8.15. The van der Waals surface area contributed by atoms with Crippen LogP contribution in [0.4, 0.5) is 0 Å². The predicted molar refractivity (Wildman–Crippen MR) is 88.7 cm³/mol. The van der Waals surface area contributed by atoms with E-state index in [-0.39, 0.29) is 6.10 Å². The molecule has 0 radical (unpaired) electrons. The average molecular weight is 300 g/mol. The number of aliphatic hydroxyl groups is 1. The molecule has 4 heteroatoms. The summed E-state index contributed by atoms with van der Waals surface area (Å²) < 4.78 is 5.13. The number of nitrogens with one attached hydrogen (secondary N) is 1. The Morgan fingerprint density at radius 3 is 2.48 bits per heavy atom. The lowest BCUT2D eigenvalue weighted by molar-refractivity contribution is 0.118. The molecule has 1 fully saturated rings. The summed E-state index contributed by atoms with van der Waals surface area (Å²) in [7, 11) is 3.96. The van der Waals surface area contributed by atoms with Crippen molar-refractivity contribution in [3.05, 3.63) is 0 Å². The van der Waals surface area contributed by atoms with Crippen molar-refractivity contribution >= 4 is 0 Å². The Bertz CT molecular complexity index is 251. The van der Waals surface area contributed by atoms with Gasteiger partial charge < -0.3 is 20.1 Å². The highest BCUT2D eigenvalue weighted by Gasteiger charge is 2.31. The fourth-order valence-corrected chi connectivity index (χ4v) is 3.46. The van der Waals surface area contributed by atoms with Crippen LogP contribution in [0.15, 0.2) is 0 Å². The van der Waals surface area contributed by atoms with E-state index in [0.29, 0.717) is 5.41 Å². The van der Waals surface area contributed by atoms with Gasteiger partial charge in [0.15, 0.2) is 0 Å². The Hall–Kier alpha value is -0.160. The number of methoxy groups -OCH3 is 1. The minimum atomic E-state index is -0.197. The highest BCUT2D eigenvalue weighted by Crippen LogP contribution is 2.35. The van der Waals surface area contributed by atoms with E-state index in [9.17, 15) is 5.11 Å². The summed E-state index contributed by atoms with van der Waals surface area (Å²) in [4.78, 5) is 2.41. The Balaban J connectivity index is 2.49. The predicted octanol–water partition coefficient (Wildman–Crippen LogP) is 2.27.